The van der Waals surface area contributed by atoms with Crippen molar-refractivity contribution in [2.24, 2.45) is 0 Å². The fourth-order valence-corrected chi connectivity index (χ4v) is 3.69. The van der Waals surface area contributed by atoms with Gasteiger partial charge in [0.25, 0.3) is 5.91 Å². The predicted molar refractivity (Wildman–Crippen MR) is 128 cm³/mol. The van der Waals surface area contributed by atoms with E-state index in [9.17, 15) is 19.2 Å². The molecule has 1 saturated heterocycles. The van der Waals surface area contributed by atoms with Crippen LogP contribution in [-0.2, 0) is 19.1 Å². The quantitative estimate of drug-likeness (QED) is 0.278. The minimum absolute atomic E-state index is 0.0303. The molecule has 11 nitrogen and oxygen atoms in total. The molecule has 2 aromatic rings. The maximum Gasteiger partial charge on any atom is 0.343 e. The van der Waals surface area contributed by atoms with Crippen LogP contribution in [0, 0.1) is 0 Å². The summed E-state index contributed by atoms with van der Waals surface area (Å²) in [4.78, 5) is 49.8. The van der Waals surface area contributed by atoms with Crippen molar-refractivity contribution in [3.05, 3.63) is 52.1 Å². The zero-order chi connectivity index (χ0) is 25.5. The van der Waals surface area contributed by atoms with Crippen LogP contribution in [0.25, 0.3) is 6.08 Å². The molecular weight excluding hydrogens is 526 g/mol. The van der Waals surface area contributed by atoms with Gasteiger partial charge in [0.2, 0.25) is 5.91 Å². The van der Waals surface area contributed by atoms with Gasteiger partial charge in [0, 0.05) is 0 Å². The van der Waals surface area contributed by atoms with E-state index in [0.29, 0.717) is 21.5 Å². The number of ether oxygens (including phenoxy) is 4. The van der Waals surface area contributed by atoms with E-state index in [0.717, 1.165) is 4.90 Å². The molecule has 0 aliphatic carbocycles. The number of para-hydroxylation sites is 2. The SMILES string of the molecule is COC(=O)COc1c(Br)cc(/C=C2/NC(=O)N(CC(=O)Nc3ccccc3OC)C2=O)cc1OC. The van der Waals surface area contributed by atoms with Crippen LogP contribution in [0.5, 0.6) is 17.2 Å². The van der Waals surface area contributed by atoms with Crippen LogP contribution in [0.2, 0.25) is 0 Å². The number of anilines is 1. The number of rotatable bonds is 9. The highest BCUT2D eigenvalue weighted by atomic mass is 79.9. The Bertz CT molecular complexity index is 1200. The monoisotopic (exact) mass is 547 g/mol. The minimum Gasteiger partial charge on any atom is -0.495 e. The molecule has 3 rings (SSSR count). The number of esters is 1. The first kappa shape index (κ1) is 25.6. The van der Waals surface area contributed by atoms with E-state index in [-0.39, 0.29) is 23.8 Å². The lowest BCUT2D eigenvalue weighted by Gasteiger charge is -2.14. The first-order valence-corrected chi connectivity index (χ1v) is 10.9. The average Bonchev–Trinajstić information content (AvgIpc) is 3.10. The van der Waals surface area contributed by atoms with Crippen molar-refractivity contribution in [1.82, 2.24) is 10.2 Å². The third-order valence-electron chi connectivity index (χ3n) is 4.77. The van der Waals surface area contributed by atoms with Gasteiger partial charge in [-0.3, -0.25) is 9.59 Å². The fraction of sp³-hybridized carbons (Fsp3) is 0.217. The van der Waals surface area contributed by atoms with Gasteiger partial charge in [0.05, 0.1) is 31.5 Å². The molecule has 0 saturated carbocycles. The molecule has 1 aliphatic rings. The number of carbonyl (C=O) groups is 4. The normalized spacial score (nSPS) is 13.9. The molecule has 2 N–H and O–H groups in total. The number of imide groups is 1. The number of halogens is 1. The van der Waals surface area contributed by atoms with Gasteiger partial charge in [-0.1, -0.05) is 12.1 Å². The fourth-order valence-electron chi connectivity index (χ4n) is 3.12. The van der Waals surface area contributed by atoms with Gasteiger partial charge in [0.1, 0.15) is 18.0 Å². The lowest BCUT2D eigenvalue weighted by molar-refractivity contribution is -0.143. The maximum absolute atomic E-state index is 12.8. The van der Waals surface area contributed by atoms with E-state index in [1.165, 1.54) is 27.4 Å². The number of carbonyl (C=O) groups excluding carboxylic acids is 4. The number of amides is 4. The van der Waals surface area contributed by atoms with Crippen LogP contribution in [0.4, 0.5) is 10.5 Å². The standard InChI is InChI=1S/C23H22BrN3O8/c1-32-17-7-5-4-6-15(17)25-19(28)11-27-22(30)16(26-23(27)31)9-13-8-14(24)21(18(10-13)33-2)35-12-20(29)34-3/h4-10H,11-12H2,1-3H3,(H,25,28)(H,26,31)/b16-9+. The molecule has 1 aliphatic heterocycles. The summed E-state index contributed by atoms with van der Waals surface area (Å²) in [7, 11) is 4.12. The zero-order valence-electron chi connectivity index (χ0n) is 19.0. The Balaban J connectivity index is 1.75. The van der Waals surface area contributed by atoms with Crippen LogP contribution in [0.3, 0.4) is 0 Å². The molecular formula is C23H22BrN3O8. The van der Waals surface area contributed by atoms with Crippen molar-refractivity contribution >= 4 is 51.5 Å². The van der Waals surface area contributed by atoms with Crippen LogP contribution < -0.4 is 24.8 Å². The van der Waals surface area contributed by atoms with Crippen LogP contribution in [0.1, 0.15) is 5.56 Å². The molecule has 12 heteroatoms. The van der Waals surface area contributed by atoms with Gasteiger partial charge in [-0.05, 0) is 51.8 Å². The number of benzene rings is 2. The molecule has 184 valence electrons. The number of methoxy groups -OCH3 is 3. The van der Waals surface area contributed by atoms with Gasteiger partial charge in [-0.25, -0.2) is 14.5 Å². The van der Waals surface area contributed by atoms with E-state index in [4.69, 9.17) is 14.2 Å². The Morgan fingerprint density at radius 2 is 1.80 bits per heavy atom. The van der Waals surface area contributed by atoms with Crippen molar-refractivity contribution in [3.8, 4) is 17.2 Å². The number of hydrogen-bond donors (Lipinski definition) is 2. The number of nitrogens with zero attached hydrogens (tertiary/aromatic N) is 1. The summed E-state index contributed by atoms with van der Waals surface area (Å²) in [6, 6.07) is 9.19. The Labute approximate surface area is 209 Å². The van der Waals surface area contributed by atoms with E-state index in [1.807, 2.05) is 0 Å². The van der Waals surface area contributed by atoms with E-state index < -0.39 is 30.4 Å². The molecule has 35 heavy (non-hydrogen) atoms. The Hall–Kier alpha value is -4.06. The third kappa shape index (κ3) is 6.09. The first-order chi connectivity index (χ1) is 16.8. The molecule has 0 bridgehead atoms. The smallest absolute Gasteiger partial charge is 0.343 e. The summed E-state index contributed by atoms with van der Waals surface area (Å²) in [5, 5.41) is 5.08. The number of hydrogen-bond acceptors (Lipinski definition) is 8. The van der Waals surface area contributed by atoms with Crippen LogP contribution in [0.15, 0.2) is 46.6 Å². The van der Waals surface area contributed by atoms with E-state index in [1.54, 1.807) is 36.4 Å². The second-order valence-electron chi connectivity index (χ2n) is 7.03. The van der Waals surface area contributed by atoms with Gasteiger partial charge in [-0.15, -0.1) is 0 Å². The van der Waals surface area contributed by atoms with Gasteiger partial charge < -0.3 is 29.6 Å². The molecule has 0 aromatic heterocycles. The zero-order valence-corrected chi connectivity index (χ0v) is 20.6. The second kappa shape index (κ2) is 11.4. The Morgan fingerprint density at radius 1 is 1.09 bits per heavy atom. The summed E-state index contributed by atoms with van der Waals surface area (Å²) in [6.45, 7) is -0.820. The highest BCUT2D eigenvalue weighted by molar-refractivity contribution is 9.10. The average molecular weight is 548 g/mol. The van der Waals surface area contributed by atoms with Gasteiger partial charge in [-0.2, -0.15) is 0 Å². The number of nitrogens with one attached hydrogen (secondary N) is 2. The van der Waals surface area contributed by atoms with Crippen molar-refractivity contribution in [3.63, 3.8) is 0 Å². The highest BCUT2D eigenvalue weighted by Crippen LogP contribution is 2.37. The third-order valence-corrected chi connectivity index (χ3v) is 5.36. The lowest BCUT2D eigenvalue weighted by atomic mass is 10.1. The lowest BCUT2D eigenvalue weighted by Crippen LogP contribution is -2.38. The molecule has 1 heterocycles. The van der Waals surface area contributed by atoms with Crippen LogP contribution >= 0.6 is 15.9 Å². The topological polar surface area (TPSA) is 132 Å². The first-order valence-electron chi connectivity index (χ1n) is 10.1. The van der Waals surface area contributed by atoms with Gasteiger partial charge >= 0.3 is 12.0 Å². The summed E-state index contributed by atoms with van der Waals surface area (Å²) < 4.78 is 20.9. The van der Waals surface area contributed by atoms with Crippen LogP contribution in [-0.4, -0.2) is 63.2 Å². The Kier molecular flexibility index (Phi) is 8.31. The summed E-state index contributed by atoms with van der Waals surface area (Å²) in [5.41, 5.74) is 0.870. The number of urea groups is 1. The summed E-state index contributed by atoms with van der Waals surface area (Å²) >= 11 is 3.34. The van der Waals surface area contributed by atoms with Crippen molar-refractivity contribution < 1.29 is 38.1 Å². The van der Waals surface area contributed by atoms with E-state index in [2.05, 4.69) is 31.3 Å². The van der Waals surface area contributed by atoms with Crippen molar-refractivity contribution in [2.45, 2.75) is 0 Å². The molecule has 0 radical (unpaired) electrons. The van der Waals surface area contributed by atoms with Gasteiger partial charge in [0.15, 0.2) is 18.1 Å². The molecule has 0 unspecified atom stereocenters. The molecule has 1 fully saturated rings. The maximum atomic E-state index is 12.8. The van der Waals surface area contributed by atoms with Crippen molar-refractivity contribution in [1.29, 1.82) is 0 Å². The van der Waals surface area contributed by atoms with Crippen molar-refractivity contribution in [2.75, 3.05) is 39.8 Å². The second-order valence-corrected chi connectivity index (χ2v) is 7.88. The largest absolute Gasteiger partial charge is 0.495 e. The molecule has 4 amide bonds. The highest BCUT2D eigenvalue weighted by Gasteiger charge is 2.35. The molecule has 2 aromatic carbocycles. The summed E-state index contributed by atoms with van der Waals surface area (Å²) in [5.74, 6) is -0.838. The molecule has 0 atom stereocenters. The minimum atomic E-state index is -0.736. The molecule has 0 spiro atoms. The predicted octanol–water partition coefficient (Wildman–Crippen LogP) is 2.55. The Morgan fingerprint density at radius 3 is 2.49 bits per heavy atom. The summed E-state index contributed by atoms with van der Waals surface area (Å²) in [6.07, 6.45) is 1.43. The van der Waals surface area contributed by atoms with E-state index >= 15 is 0 Å².